The van der Waals surface area contributed by atoms with E-state index >= 15 is 0 Å². The summed E-state index contributed by atoms with van der Waals surface area (Å²) < 4.78 is 13.1. The van der Waals surface area contributed by atoms with Crippen LogP contribution < -0.4 is 0 Å². The summed E-state index contributed by atoms with van der Waals surface area (Å²) in [6.45, 7) is 0. The summed E-state index contributed by atoms with van der Waals surface area (Å²) in [6, 6.07) is 61.0. The van der Waals surface area contributed by atoms with Crippen LogP contribution in [0.2, 0.25) is 0 Å². The summed E-state index contributed by atoms with van der Waals surface area (Å²) >= 11 is 0. The van der Waals surface area contributed by atoms with Gasteiger partial charge in [0.05, 0.1) is 0 Å². The molecule has 0 aliphatic heterocycles. The van der Waals surface area contributed by atoms with E-state index in [2.05, 4.69) is 133 Å². The van der Waals surface area contributed by atoms with Crippen LogP contribution >= 0.6 is 0 Å². The topological polar surface area (TPSA) is 65.0 Å². The molecule has 0 atom stereocenters. The molecule has 0 N–H and O–H groups in total. The van der Waals surface area contributed by atoms with E-state index in [-0.39, 0.29) is 0 Å². The Morgan fingerprint density at radius 2 is 0.911 bits per heavy atom. The quantitative estimate of drug-likeness (QED) is 0.170. The maximum absolute atomic E-state index is 6.54. The molecule has 3 heterocycles. The summed E-state index contributed by atoms with van der Waals surface area (Å²) in [7, 11) is 0. The molecule has 12 aromatic rings. The van der Waals surface area contributed by atoms with Gasteiger partial charge in [0.1, 0.15) is 22.3 Å². The molecule has 12 rings (SSSR count). The smallest absolute Gasteiger partial charge is 0.164 e. The van der Waals surface area contributed by atoms with E-state index in [1.54, 1.807) is 0 Å². The first kappa shape index (κ1) is 30.8. The van der Waals surface area contributed by atoms with Crippen LogP contribution in [0, 0.1) is 0 Å². The molecule has 9 aromatic carbocycles. The van der Waals surface area contributed by atoms with Crippen LogP contribution in [0.1, 0.15) is 0 Å². The Labute approximate surface area is 320 Å². The summed E-state index contributed by atoms with van der Waals surface area (Å²) in [5, 5.41) is 11.2. The third-order valence-electron chi connectivity index (χ3n) is 11.1. The number of furan rings is 2. The Hall–Kier alpha value is -7.63. The molecule has 0 radical (unpaired) electrons. The molecule has 5 heteroatoms. The first-order chi connectivity index (χ1) is 27.7. The van der Waals surface area contributed by atoms with Crippen molar-refractivity contribution in [1.82, 2.24) is 15.0 Å². The Morgan fingerprint density at radius 1 is 0.304 bits per heavy atom. The van der Waals surface area contributed by atoms with Gasteiger partial charge < -0.3 is 8.83 Å². The molecule has 0 saturated carbocycles. The third-order valence-corrected chi connectivity index (χ3v) is 11.1. The standard InChI is InChI=1S/C51H29N3O2/c1-2-12-32(13-3-1)49-52-50(35-23-25-37-33(28-35)21-20-30-10-4-6-14-36(30)37)54-51(53-49)41-17-9-18-44-47(41)42-29-34(24-27-43(42)55-44)38-16-8-19-45-46(38)40-26-22-31-11-5-7-15-39(31)48(40)56-45/h1-29H. The van der Waals surface area contributed by atoms with Crippen molar-refractivity contribution in [3.63, 3.8) is 0 Å². The van der Waals surface area contributed by atoms with E-state index in [0.29, 0.717) is 17.5 Å². The molecule has 3 aromatic heterocycles. The monoisotopic (exact) mass is 715 g/mol. The largest absolute Gasteiger partial charge is 0.456 e. The van der Waals surface area contributed by atoms with Gasteiger partial charge in [-0.05, 0) is 74.5 Å². The first-order valence-corrected chi connectivity index (χ1v) is 18.8. The number of rotatable bonds is 4. The number of benzene rings is 9. The molecule has 0 amide bonds. The van der Waals surface area contributed by atoms with Crippen LogP contribution in [-0.2, 0) is 0 Å². The maximum Gasteiger partial charge on any atom is 0.164 e. The van der Waals surface area contributed by atoms with Crippen molar-refractivity contribution in [2.24, 2.45) is 0 Å². The molecular weight excluding hydrogens is 687 g/mol. The molecule has 5 nitrogen and oxygen atoms in total. The Kier molecular flexibility index (Phi) is 6.56. The van der Waals surface area contributed by atoms with Crippen molar-refractivity contribution in [2.45, 2.75) is 0 Å². The molecule has 0 saturated heterocycles. The minimum Gasteiger partial charge on any atom is -0.456 e. The Balaban J connectivity index is 1.06. The van der Waals surface area contributed by atoms with Crippen LogP contribution in [0.15, 0.2) is 185 Å². The zero-order valence-electron chi connectivity index (χ0n) is 29.9. The molecule has 0 aliphatic rings. The van der Waals surface area contributed by atoms with E-state index in [0.717, 1.165) is 87.9 Å². The van der Waals surface area contributed by atoms with Crippen molar-refractivity contribution in [3.8, 4) is 45.3 Å². The Bertz CT molecular complexity index is 3550. The average molecular weight is 716 g/mol. The van der Waals surface area contributed by atoms with Crippen LogP contribution in [0.5, 0.6) is 0 Å². The summed E-state index contributed by atoms with van der Waals surface area (Å²) in [4.78, 5) is 15.4. The number of hydrogen-bond donors (Lipinski definition) is 0. The van der Waals surface area contributed by atoms with Gasteiger partial charge in [0.15, 0.2) is 17.5 Å². The van der Waals surface area contributed by atoms with Gasteiger partial charge in [-0.25, -0.2) is 15.0 Å². The number of aromatic nitrogens is 3. The van der Waals surface area contributed by atoms with Gasteiger partial charge in [0.25, 0.3) is 0 Å². The SMILES string of the molecule is c1ccc(-c2nc(-c3ccc4c(ccc5ccccc54)c3)nc(-c3cccc4oc5ccc(-c6cccc7oc8c9ccccc9ccc8c67)cc5c34)n2)cc1. The fourth-order valence-corrected chi connectivity index (χ4v) is 8.47. The second kappa shape index (κ2) is 11.9. The highest BCUT2D eigenvalue weighted by Crippen LogP contribution is 2.43. The number of hydrogen-bond acceptors (Lipinski definition) is 5. The lowest BCUT2D eigenvalue weighted by Crippen LogP contribution is -2.00. The van der Waals surface area contributed by atoms with Gasteiger partial charge in [-0.1, -0.05) is 140 Å². The highest BCUT2D eigenvalue weighted by molar-refractivity contribution is 6.20. The fraction of sp³-hybridized carbons (Fsp3) is 0. The number of nitrogens with zero attached hydrogens (tertiary/aromatic N) is 3. The average Bonchev–Trinajstić information content (AvgIpc) is 3.85. The first-order valence-electron chi connectivity index (χ1n) is 18.8. The minimum atomic E-state index is 0.584. The predicted molar refractivity (Wildman–Crippen MR) is 229 cm³/mol. The van der Waals surface area contributed by atoms with Gasteiger partial charge in [-0.2, -0.15) is 0 Å². The van der Waals surface area contributed by atoms with E-state index in [9.17, 15) is 0 Å². The predicted octanol–water partition coefficient (Wildman–Crippen LogP) is 13.8. The van der Waals surface area contributed by atoms with Gasteiger partial charge in [-0.15, -0.1) is 0 Å². The van der Waals surface area contributed by atoms with Crippen LogP contribution in [-0.4, -0.2) is 15.0 Å². The highest BCUT2D eigenvalue weighted by Gasteiger charge is 2.20. The van der Waals surface area contributed by atoms with Crippen molar-refractivity contribution >= 4 is 76.2 Å². The number of fused-ring (bicyclic) bond motifs is 11. The van der Waals surface area contributed by atoms with E-state index in [1.165, 1.54) is 16.2 Å². The third kappa shape index (κ3) is 4.71. The van der Waals surface area contributed by atoms with Crippen LogP contribution in [0.25, 0.3) is 121 Å². The lowest BCUT2D eigenvalue weighted by molar-refractivity contribution is 0.669. The van der Waals surface area contributed by atoms with E-state index < -0.39 is 0 Å². The summed E-state index contributed by atoms with van der Waals surface area (Å²) in [6.07, 6.45) is 0. The molecule has 0 aliphatic carbocycles. The normalized spacial score (nSPS) is 11.9. The molecule has 0 unspecified atom stereocenters. The van der Waals surface area contributed by atoms with Crippen molar-refractivity contribution in [3.05, 3.63) is 176 Å². The van der Waals surface area contributed by atoms with Crippen molar-refractivity contribution < 1.29 is 8.83 Å². The molecule has 0 spiro atoms. The molecule has 0 fully saturated rings. The zero-order chi connectivity index (χ0) is 36.7. The van der Waals surface area contributed by atoms with Crippen LogP contribution in [0.3, 0.4) is 0 Å². The van der Waals surface area contributed by atoms with Crippen molar-refractivity contribution in [1.29, 1.82) is 0 Å². The Morgan fingerprint density at radius 3 is 1.77 bits per heavy atom. The lowest BCUT2D eigenvalue weighted by Gasteiger charge is -2.10. The van der Waals surface area contributed by atoms with Gasteiger partial charge in [-0.3, -0.25) is 0 Å². The maximum atomic E-state index is 6.54. The van der Waals surface area contributed by atoms with Crippen LogP contribution in [0.4, 0.5) is 0 Å². The van der Waals surface area contributed by atoms with E-state index in [4.69, 9.17) is 23.8 Å². The summed E-state index contributed by atoms with van der Waals surface area (Å²) in [5.41, 5.74) is 8.23. The fourth-order valence-electron chi connectivity index (χ4n) is 8.47. The summed E-state index contributed by atoms with van der Waals surface area (Å²) in [5.74, 6) is 1.81. The molecular formula is C51H29N3O2. The van der Waals surface area contributed by atoms with Gasteiger partial charge in [0, 0.05) is 43.6 Å². The zero-order valence-corrected chi connectivity index (χ0v) is 29.9. The molecule has 56 heavy (non-hydrogen) atoms. The lowest BCUT2D eigenvalue weighted by atomic mass is 9.96. The molecule has 0 bridgehead atoms. The molecule has 260 valence electrons. The highest BCUT2D eigenvalue weighted by atomic mass is 16.3. The second-order valence-corrected chi connectivity index (χ2v) is 14.3. The minimum absolute atomic E-state index is 0.584. The van der Waals surface area contributed by atoms with Gasteiger partial charge in [0.2, 0.25) is 0 Å². The second-order valence-electron chi connectivity index (χ2n) is 14.3. The van der Waals surface area contributed by atoms with E-state index in [1.807, 2.05) is 42.5 Å². The van der Waals surface area contributed by atoms with Crippen molar-refractivity contribution in [2.75, 3.05) is 0 Å². The van der Waals surface area contributed by atoms with Gasteiger partial charge >= 0.3 is 0 Å².